The molecule has 0 bridgehead atoms. The molecule has 0 radical (unpaired) electrons. The van der Waals surface area contributed by atoms with Gasteiger partial charge in [0.25, 0.3) is 0 Å². The maximum absolute atomic E-state index is 6.63. The van der Waals surface area contributed by atoms with Crippen LogP contribution in [-0.4, -0.2) is 0 Å². The van der Waals surface area contributed by atoms with Gasteiger partial charge in [-0.1, -0.05) is 128 Å². The van der Waals surface area contributed by atoms with Gasteiger partial charge in [-0.2, -0.15) is 0 Å². The van der Waals surface area contributed by atoms with Gasteiger partial charge in [-0.3, -0.25) is 0 Å². The second kappa shape index (κ2) is 10.8. The minimum absolute atomic E-state index is 0.789. The molecule has 2 nitrogen and oxygen atoms in total. The first-order chi connectivity index (χ1) is 23.2. The zero-order valence-corrected chi connectivity index (χ0v) is 26.0. The molecule has 2 aromatic heterocycles. The standard InChI is InChI=1S/C45H30O2/c1-3-29(22-21-28(2)30-13-5-4-6-14-30)42-34-16-7-9-18-36(34)43(37-19-10-8-17-35(37)42)31-23-24-33-39-26-25-38-32-15-11-12-20-40(32)46-44(38)45(39)47-41(33)27-31/h3-27H,2H2,1H3/b22-21-,29-3+. The Morgan fingerprint density at radius 1 is 0.511 bits per heavy atom. The fraction of sp³-hybridized carbons (Fsp3) is 0.0222. The number of benzene rings is 7. The minimum atomic E-state index is 0.789. The molecule has 9 rings (SSSR count). The van der Waals surface area contributed by atoms with Crippen LogP contribution in [0.1, 0.15) is 18.1 Å². The van der Waals surface area contributed by atoms with Crippen molar-refractivity contribution in [3.8, 4) is 11.1 Å². The van der Waals surface area contributed by atoms with Gasteiger partial charge in [-0.25, -0.2) is 0 Å². The summed E-state index contributed by atoms with van der Waals surface area (Å²) in [6, 6.07) is 46.9. The molecule has 0 spiro atoms. The van der Waals surface area contributed by atoms with Crippen molar-refractivity contribution in [1.29, 1.82) is 0 Å². The Balaban J connectivity index is 1.25. The minimum Gasteiger partial charge on any atom is -0.452 e. The third-order valence-corrected chi connectivity index (χ3v) is 9.41. The molecule has 0 unspecified atom stereocenters. The van der Waals surface area contributed by atoms with Crippen molar-refractivity contribution in [3.63, 3.8) is 0 Å². The molecule has 0 saturated heterocycles. The van der Waals surface area contributed by atoms with Crippen molar-refractivity contribution in [2.75, 3.05) is 0 Å². The highest BCUT2D eigenvalue weighted by Crippen LogP contribution is 2.44. The molecular formula is C45H30O2. The summed E-state index contributed by atoms with van der Waals surface area (Å²) in [4.78, 5) is 0. The highest BCUT2D eigenvalue weighted by molar-refractivity contribution is 6.22. The van der Waals surface area contributed by atoms with Crippen molar-refractivity contribution in [1.82, 2.24) is 0 Å². The molecule has 0 saturated carbocycles. The highest BCUT2D eigenvalue weighted by atomic mass is 16.4. The lowest BCUT2D eigenvalue weighted by Crippen LogP contribution is -1.93. The maximum atomic E-state index is 6.63. The van der Waals surface area contributed by atoms with E-state index in [1.54, 1.807) is 0 Å². The molecule has 47 heavy (non-hydrogen) atoms. The number of allylic oxidation sites excluding steroid dienone is 5. The average molecular weight is 603 g/mol. The number of para-hydroxylation sites is 1. The number of fused-ring (bicyclic) bond motifs is 9. The van der Waals surface area contributed by atoms with Crippen LogP contribution in [0.5, 0.6) is 0 Å². The normalized spacial score (nSPS) is 12.5. The molecule has 0 fully saturated rings. The second-order valence-electron chi connectivity index (χ2n) is 12.0. The van der Waals surface area contributed by atoms with Crippen molar-refractivity contribution < 1.29 is 8.83 Å². The van der Waals surface area contributed by atoms with Crippen LogP contribution in [0.2, 0.25) is 0 Å². The molecule has 0 aliphatic rings. The molecule has 0 atom stereocenters. The summed E-state index contributed by atoms with van der Waals surface area (Å²) in [6.07, 6.45) is 6.51. The predicted octanol–water partition coefficient (Wildman–Crippen LogP) is 13.1. The third kappa shape index (κ3) is 4.26. The SMILES string of the molecule is C=C(/C=C\C(=C/C)c1c2ccccc2c(-c2ccc3c(c2)oc2c3ccc3c4ccccc4oc32)c2ccccc12)c1ccccc1. The quantitative estimate of drug-likeness (QED) is 0.145. The molecule has 0 amide bonds. The van der Waals surface area contributed by atoms with Crippen LogP contribution < -0.4 is 0 Å². The molecule has 222 valence electrons. The van der Waals surface area contributed by atoms with Crippen molar-refractivity contribution in [2.24, 2.45) is 0 Å². The van der Waals surface area contributed by atoms with E-state index >= 15 is 0 Å². The number of furan rings is 2. The van der Waals surface area contributed by atoms with Gasteiger partial charge in [-0.15, -0.1) is 0 Å². The summed E-state index contributed by atoms with van der Waals surface area (Å²) in [7, 11) is 0. The van der Waals surface area contributed by atoms with Crippen LogP contribution in [0.15, 0.2) is 167 Å². The van der Waals surface area contributed by atoms with Crippen molar-refractivity contribution in [2.45, 2.75) is 6.92 Å². The molecule has 0 aliphatic heterocycles. The van der Waals surface area contributed by atoms with E-state index in [2.05, 4.69) is 129 Å². The molecular weight excluding hydrogens is 572 g/mol. The summed E-state index contributed by atoms with van der Waals surface area (Å²) in [5.74, 6) is 0. The van der Waals surface area contributed by atoms with Gasteiger partial charge < -0.3 is 8.83 Å². The highest BCUT2D eigenvalue weighted by Gasteiger charge is 2.19. The van der Waals surface area contributed by atoms with Gasteiger partial charge in [0.05, 0.1) is 0 Å². The first kappa shape index (κ1) is 27.2. The van der Waals surface area contributed by atoms with Crippen molar-refractivity contribution >= 4 is 76.6 Å². The summed E-state index contributed by atoms with van der Waals surface area (Å²) in [6.45, 7) is 6.45. The van der Waals surface area contributed by atoms with Gasteiger partial charge in [-0.05, 0) is 92.2 Å². The third-order valence-electron chi connectivity index (χ3n) is 9.41. The van der Waals surface area contributed by atoms with Crippen molar-refractivity contribution in [3.05, 3.63) is 169 Å². The van der Waals surface area contributed by atoms with E-state index in [4.69, 9.17) is 8.83 Å². The molecule has 0 N–H and O–H groups in total. The van der Waals surface area contributed by atoms with Crippen LogP contribution in [0.4, 0.5) is 0 Å². The van der Waals surface area contributed by atoms with Gasteiger partial charge in [0.1, 0.15) is 11.2 Å². The predicted molar refractivity (Wildman–Crippen MR) is 200 cm³/mol. The van der Waals surface area contributed by atoms with E-state index in [1.807, 2.05) is 36.4 Å². The van der Waals surface area contributed by atoms with Gasteiger partial charge in [0.2, 0.25) is 0 Å². The lowest BCUT2D eigenvalue weighted by molar-refractivity contribution is 0.633. The van der Waals surface area contributed by atoms with Gasteiger partial charge in [0, 0.05) is 21.5 Å². The van der Waals surface area contributed by atoms with Crippen LogP contribution in [0.25, 0.3) is 87.7 Å². The van der Waals surface area contributed by atoms with E-state index in [-0.39, 0.29) is 0 Å². The Kier molecular flexibility index (Phi) is 6.22. The maximum Gasteiger partial charge on any atom is 0.178 e. The first-order valence-electron chi connectivity index (χ1n) is 16.0. The first-order valence-corrected chi connectivity index (χ1v) is 16.0. The number of hydrogen-bond donors (Lipinski definition) is 0. The Bertz CT molecular complexity index is 2690. The monoisotopic (exact) mass is 602 g/mol. The number of rotatable bonds is 5. The molecule has 2 heterocycles. The van der Waals surface area contributed by atoms with E-state index in [0.29, 0.717) is 0 Å². The lowest BCUT2D eigenvalue weighted by atomic mass is 9.85. The lowest BCUT2D eigenvalue weighted by Gasteiger charge is -2.18. The van der Waals surface area contributed by atoms with Crippen LogP contribution in [0, 0.1) is 0 Å². The van der Waals surface area contributed by atoms with E-state index in [1.165, 1.54) is 32.7 Å². The zero-order valence-electron chi connectivity index (χ0n) is 26.0. The van der Waals surface area contributed by atoms with Crippen LogP contribution >= 0.6 is 0 Å². The molecule has 7 aromatic carbocycles. The average Bonchev–Trinajstić information content (AvgIpc) is 3.70. The largest absolute Gasteiger partial charge is 0.452 e. The molecule has 9 aromatic rings. The summed E-state index contributed by atoms with van der Waals surface area (Å²) in [5, 5.41) is 9.12. The Morgan fingerprint density at radius 3 is 1.70 bits per heavy atom. The van der Waals surface area contributed by atoms with E-state index < -0.39 is 0 Å². The fourth-order valence-corrected chi connectivity index (χ4v) is 7.19. The Hall–Kier alpha value is -6.12. The molecule has 0 aliphatic carbocycles. The Labute approximate surface area is 272 Å². The van der Waals surface area contributed by atoms with Gasteiger partial charge >= 0.3 is 0 Å². The van der Waals surface area contributed by atoms with Crippen LogP contribution in [0.3, 0.4) is 0 Å². The fourth-order valence-electron chi connectivity index (χ4n) is 7.19. The smallest absolute Gasteiger partial charge is 0.178 e. The second-order valence-corrected chi connectivity index (χ2v) is 12.0. The molecule has 2 heteroatoms. The van der Waals surface area contributed by atoms with Crippen LogP contribution in [-0.2, 0) is 0 Å². The summed E-state index contributed by atoms with van der Waals surface area (Å²) >= 11 is 0. The zero-order chi connectivity index (χ0) is 31.5. The topological polar surface area (TPSA) is 26.3 Å². The summed E-state index contributed by atoms with van der Waals surface area (Å²) < 4.78 is 13.0. The van der Waals surface area contributed by atoms with Gasteiger partial charge in [0.15, 0.2) is 11.2 Å². The number of hydrogen-bond acceptors (Lipinski definition) is 2. The summed E-state index contributed by atoms with van der Waals surface area (Å²) in [5.41, 5.74) is 10.1. The van der Waals surface area contributed by atoms with E-state index in [9.17, 15) is 0 Å². The van der Waals surface area contributed by atoms with E-state index in [0.717, 1.165) is 66.2 Å². The Morgan fingerprint density at radius 2 is 1.04 bits per heavy atom.